The third kappa shape index (κ3) is 3.01. The van der Waals surface area contributed by atoms with Gasteiger partial charge in [-0.3, -0.25) is 13.6 Å². The lowest BCUT2D eigenvalue weighted by Crippen LogP contribution is -1.79. The van der Waals surface area contributed by atoms with Crippen LogP contribution in [0.25, 0.3) is 9.66 Å². The molecule has 22 heavy (non-hydrogen) atoms. The monoisotopic (exact) mass is 462 g/mol. The Morgan fingerprint density at radius 2 is 1.68 bits per heavy atom. The van der Waals surface area contributed by atoms with Gasteiger partial charge in [-0.05, 0) is 31.9 Å². The van der Waals surface area contributed by atoms with Crippen LogP contribution in [0, 0.1) is 0 Å². The second-order valence-electron chi connectivity index (χ2n) is 4.09. The van der Waals surface area contributed by atoms with Crippen molar-refractivity contribution in [3.63, 3.8) is 0 Å². The maximum absolute atomic E-state index is 10.4. The van der Waals surface area contributed by atoms with Crippen LogP contribution in [0.3, 0.4) is 0 Å². The lowest BCUT2D eigenvalue weighted by molar-refractivity contribution is 0.112. The number of carbonyl (C=O) groups excluding carboxylic acids is 1. The summed E-state index contributed by atoms with van der Waals surface area (Å²) in [5.41, 5.74) is 1.24. The molecule has 0 radical (unpaired) electrons. The third-order valence-electron chi connectivity index (χ3n) is 2.73. The average Bonchev–Trinajstić information content (AvgIpc) is 3.19. The first-order valence-electron chi connectivity index (χ1n) is 5.91. The molecule has 0 bridgehead atoms. The number of fused-ring (bicyclic) bond motifs is 2. The first-order chi connectivity index (χ1) is 10.6. The molecule has 1 N–H and O–H groups in total. The highest BCUT2D eigenvalue weighted by Crippen LogP contribution is 2.25. The van der Waals surface area contributed by atoms with Crippen molar-refractivity contribution < 1.29 is 9.90 Å². The zero-order valence-corrected chi connectivity index (χ0v) is 15.6. The largest absolute Gasteiger partial charge is 0.390 e. The summed E-state index contributed by atoms with van der Waals surface area (Å²) in [5, 5.41) is 8.85. The van der Waals surface area contributed by atoms with Gasteiger partial charge in [-0.1, -0.05) is 0 Å². The molecule has 0 amide bonds. The number of rotatable bonds is 2. The van der Waals surface area contributed by atoms with Gasteiger partial charge in [0.1, 0.15) is 33.7 Å². The van der Waals surface area contributed by atoms with E-state index >= 15 is 0 Å². The minimum absolute atomic E-state index is 0.00343. The van der Waals surface area contributed by atoms with Crippen LogP contribution in [0.2, 0.25) is 0 Å². The van der Waals surface area contributed by atoms with E-state index in [0.29, 0.717) is 5.69 Å². The van der Waals surface area contributed by atoms with Crippen LogP contribution in [-0.2, 0) is 6.61 Å². The lowest BCUT2D eigenvalue weighted by atomic mass is 10.5. The summed E-state index contributed by atoms with van der Waals surface area (Å²) in [6.45, 7) is 0.00343. The Morgan fingerprint density at radius 3 is 2.32 bits per heavy atom. The number of hydrogen-bond donors (Lipinski definition) is 1. The predicted octanol–water partition coefficient (Wildman–Crippen LogP) is 3.62. The highest BCUT2D eigenvalue weighted by atomic mass is 79.9. The molecular formula is C12H8Br2N4O2S2. The Balaban J connectivity index is 0.000000131. The first-order valence-corrected chi connectivity index (χ1v) is 9.13. The Labute approximate surface area is 149 Å². The van der Waals surface area contributed by atoms with E-state index in [1.54, 1.807) is 24.0 Å². The molecular weight excluding hydrogens is 456 g/mol. The molecule has 6 nitrogen and oxygen atoms in total. The Hall–Kier alpha value is -1.07. The van der Waals surface area contributed by atoms with Crippen LogP contribution in [0.15, 0.2) is 32.6 Å². The number of halogens is 2. The highest BCUT2D eigenvalue weighted by Gasteiger charge is 2.06. The first kappa shape index (κ1) is 15.8. The molecule has 0 aromatic carbocycles. The summed E-state index contributed by atoms with van der Waals surface area (Å²) in [6, 6.07) is 0. The van der Waals surface area contributed by atoms with Crippen LogP contribution in [-0.4, -0.2) is 30.2 Å². The average molecular weight is 464 g/mol. The lowest BCUT2D eigenvalue weighted by Gasteiger charge is -1.83. The van der Waals surface area contributed by atoms with Crippen molar-refractivity contribution in [3.8, 4) is 0 Å². The number of aromatic nitrogens is 4. The van der Waals surface area contributed by atoms with E-state index in [4.69, 9.17) is 5.11 Å². The number of imidazole rings is 2. The molecule has 4 aromatic rings. The van der Waals surface area contributed by atoms with Gasteiger partial charge in [0.25, 0.3) is 0 Å². The summed E-state index contributed by atoms with van der Waals surface area (Å²) >= 11 is 9.74. The maximum Gasteiger partial charge on any atom is 0.171 e. The molecule has 4 rings (SSSR count). The van der Waals surface area contributed by atoms with E-state index in [2.05, 4.69) is 41.8 Å². The second-order valence-corrected chi connectivity index (χ2v) is 8.91. The topological polar surface area (TPSA) is 71.9 Å². The van der Waals surface area contributed by atoms with Crippen LogP contribution < -0.4 is 0 Å². The fraction of sp³-hybridized carbons (Fsp3) is 0.0833. The van der Waals surface area contributed by atoms with Crippen molar-refractivity contribution >= 4 is 70.5 Å². The molecule has 0 saturated carbocycles. The van der Waals surface area contributed by atoms with Crippen molar-refractivity contribution in [2.24, 2.45) is 0 Å². The smallest absolute Gasteiger partial charge is 0.171 e. The minimum Gasteiger partial charge on any atom is -0.390 e. The number of thiazole rings is 2. The standard InChI is InChI=1S/C6H5BrN2OS.C6H3BrN2OS/c2*7-5-1-9-3-8-4(2-10)6(9)11-5/h1,3,10H,2H2;1-3H. The zero-order chi connectivity index (χ0) is 15.7. The summed E-state index contributed by atoms with van der Waals surface area (Å²) < 4.78 is 5.75. The number of nitrogens with zero attached hydrogens (tertiary/aromatic N) is 4. The van der Waals surface area contributed by atoms with Gasteiger partial charge in [0.2, 0.25) is 0 Å². The van der Waals surface area contributed by atoms with Crippen molar-refractivity contribution in [3.05, 3.63) is 44.0 Å². The van der Waals surface area contributed by atoms with Crippen LogP contribution >= 0.6 is 54.5 Å². The maximum atomic E-state index is 10.4. The Kier molecular flexibility index (Phi) is 4.73. The van der Waals surface area contributed by atoms with Crippen molar-refractivity contribution in [1.29, 1.82) is 0 Å². The van der Waals surface area contributed by atoms with Gasteiger partial charge in [-0.25, -0.2) is 9.97 Å². The summed E-state index contributed by atoms with van der Waals surface area (Å²) in [4.78, 5) is 20.2. The minimum atomic E-state index is 0.00343. The highest BCUT2D eigenvalue weighted by molar-refractivity contribution is 9.11. The van der Waals surface area contributed by atoms with E-state index in [0.717, 1.165) is 29.2 Å². The number of aliphatic hydroxyl groups excluding tert-OH is 1. The number of carbonyl (C=O) groups is 1. The van der Waals surface area contributed by atoms with Crippen LogP contribution in [0.1, 0.15) is 16.2 Å². The molecule has 0 aliphatic rings. The number of aliphatic hydroxyl groups is 1. The van der Waals surface area contributed by atoms with Gasteiger partial charge in [0.05, 0.1) is 14.2 Å². The fourth-order valence-corrected chi connectivity index (χ4v) is 4.71. The van der Waals surface area contributed by atoms with E-state index in [1.807, 2.05) is 21.2 Å². The molecule has 4 aromatic heterocycles. The summed E-state index contributed by atoms with van der Waals surface area (Å²) in [5.74, 6) is 0. The van der Waals surface area contributed by atoms with Crippen LogP contribution in [0.5, 0.6) is 0 Å². The summed E-state index contributed by atoms with van der Waals surface area (Å²) in [6.07, 6.45) is 7.88. The normalized spacial score (nSPS) is 10.9. The summed E-state index contributed by atoms with van der Waals surface area (Å²) in [7, 11) is 0. The number of hydrogen-bond acceptors (Lipinski definition) is 6. The van der Waals surface area contributed by atoms with Crippen molar-refractivity contribution in [1.82, 2.24) is 18.8 Å². The van der Waals surface area contributed by atoms with Gasteiger partial charge < -0.3 is 5.11 Å². The molecule has 10 heteroatoms. The molecule has 0 aliphatic heterocycles. The van der Waals surface area contributed by atoms with Crippen molar-refractivity contribution in [2.75, 3.05) is 0 Å². The van der Waals surface area contributed by atoms with Crippen molar-refractivity contribution in [2.45, 2.75) is 6.61 Å². The molecule has 0 atom stereocenters. The van der Waals surface area contributed by atoms with E-state index < -0.39 is 0 Å². The quantitative estimate of drug-likeness (QED) is 0.461. The zero-order valence-electron chi connectivity index (χ0n) is 10.8. The Morgan fingerprint density at radius 1 is 1.09 bits per heavy atom. The predicted molar refractivity (Wildman–Crippen MR) is 92.8 cm³/mol. The molecule has 0 spiro atoms. The second kappa shape index (κ2) is 6.59. The molecule has 0 aliphatic carbocycles. The Bertz CT molecular complexity index is 940. The van der Waals surface area contributed by atoms with Gasteiger partial charge in [-0.2, -0.15) is 0 Å². The fourth-order valence-electron chi connectivity index (χ4n) is 1.80. The number of aldehydes is 1. The van der Waals surface area contributed by atoms with E-state index in [9.17, 15) is 4.79 Å². The molecule has 4 heterocycles. The van der Waals surface area contributed by atoms with Gasteiger partial charge in [0, 0.05) is 12.4 Å². The third-order valence-corrected chi connectivity index (χ3v) is 5.96. The van der Waals surface area contributed by atoms with E-state index in [1.165, 1.54) is 11.3 Å². The molecule has 0 saturated heterocycles. The van der Waals surface area contributed by atoms with Gasteiger partial charge >= 0.3 is 0 Å². The SMILES string of the molecule is O=Cc1ncn2cc(Br)sc12.OCc1ncn2cc(Br)sc12. The van der Waals surface area contributed by atoms with Gasteiger partial charge in [-0.15, -0.1) is 22.7 Å². The molecule has 114 valence electrons. The van der Waals surface area contributed by atoms with Crippen LogP contribution in [0.4, 0.5) is 0 Å². The van der Waals surface area contributed by atoms with E-state index in [-0.39, 0.29) is 6.61 Å². The molecule has 0 unspecified atom stereocenters. The molecule has 0 fully saturated rings. The van der Waals surface area contributed by atoms with Gasteiger partial charge in [0.15, 0.2) is 6.29 Å².